The number of anilines is 1. The summed E-state index contributed by atoms with van der Waals surface area (Å²) in [6.45, 7) is 4.34. The Bertz CT molecular complexity index is 1120. The van der Waals surface area contributed by atoms with E-state index in [-0.39, 0.29) is 31.5 Å². The highest BCUT2D eigenvalue weighted by molar-refractivity contribution is 6.00. The number of nitrogens with zero attached hydrogens (tertiary/aromatic N) is 3. The highest BCUT2D eigenvalue weighted by Crippen LogP contribution is 2.42. The highest BCUT2D eigenvalue weighted by Gasteiger charge is 2.29. The number of aromatic nitrogens is 2. The minimum Gasteiger partial charge on any atom is -0.374 e. The Morgan fingerprint density at radius 1 is 1.16 bits per heavy atom. The van der Waals surface area contributed by atoms with Crippen LogP contribution in [0.15, 0.2) is 54.9 Å². The molecular formula is C25H27N3O4. The molecule has 1 N–H and O–H groups in total. The number of rotatable bonds is 7. The normalized spacial score (nSPS) is 13.6. The molecule has 2 heterocycles. The highest BCUT2D eigenvalue weighted by atomic mass is 16.5. The van der Waals surface area contributed by atoms with Gasteiger partial charge in [0.25, 0.3) is 0 Å². The third kappa shape index (κ3) is 4.22. The maximum absolute atomic E-state index is 13.1. The van der Waals surface area contributed by atoms with E-state index in [0.29, 0.717) is 12.2 Å². The smallest absolute Gasteiger partial charge is 0.227 e. The van der Waals surface area contributed by atoms with Crippen molar-refractivity contribution in [3.05, 3.63) is 60.4 Å². The number of carbonyl (C=O) groups is 2. The third-order valence-electron chi connectivity index (χ3n) is 5.52. The van der Waals surface area contributed by atoms with Gasteiger partial charge in [0, 0.05) is 24.0 Å². The zero-order valence-electron chi connectivity index (χ0n) is 18.3. The van der Waals surface area contributed by atoms with Gasteiger partial charge >= 0.3 is 0 Å². The number of aliphatic hydroxyl groups excluding tert-OH is 1. The van der Waals surface area contributed by atoms with Gasteiger partial charge in [-0.3, -0.25) is 4.79 Å². The molecule has 1 unspecified atom stereocenters. The van der Waals surface area contributed by atoms with Crippen LogP contribution in [0.3, 0.4) is 0 Å². The molecular weight excluding hydrogens is 406 g/mol. The first-order valence-corrected chi connectivity index (χ1v) is 10.8. The van der Waals surface area contributed by atoms with Crippen LogP contribution in [0.25, 0.3) is 22.5 Å². The molecule has 0 bridgehead atoms. The fourth-order valence-corrected chi connectivity index (χ4v) is 4.00. The third-order valence-corrected chi connectivity index (χ3v) is 5.52. The van der Waals surface area contributed by atoms with E-state index in [1.165, 1.54) is 0 Å². The molecule has 166 valence electrons. The van der Waals surface area contributed by atoms with Crippen molar-refractivity contribution in [2.75, 3.05) is 11.5 Å². The first-order chi connectivity index (χ1) is 15.5. The Hall–Kier alpha value is -3.29. The van der Waals surface area contributed by atoms with E-state index < -0.39 is 6.23 Å². The second kappa shape index (κ2) is 9.46. The van der Waals surface area contributed by atoms with Crippen molar-refractivity contribution < 1.29 is 19.4 Å². The first kappa shape index (κ1) is 21.9. The number of benzene rings is 2. The maximum atomic E-state index is 13.1. The molecule has 7 nitrogen and oxygen atoms in total. The Balaban J connectivity index is 1.89. The number of aldehydes is 1. The van der Waals surface area contributed by atoms with Gasteiger partial charge in [0.2, 0.25) is 5.91 Å². The van der Waals surface area contributed by atoms with Crippen LogP contribution in [0.1, 0.15) is 38.5 Å². The summed E-state index contributed by atoms with van der Waals surface area (Å²) >= 11 is 0. The van der Waals surface area contributed by atoms with Crippen LogP contribution in [-0.2, 0) is 20.9 Å². The summed E-state index contributed by atoms with van der Waals surface area (Å²) in [4.78, 5) is 30.3. The molecule has 32 heavy (non-hydrogen) atoms. The van der Waals surface area contributed by atoms with Crippen LogP contribution in [0.5, 0.6) is 0 Å². The Labute approximate surface area is 187 Å². The summed E-state index contributed by atoms with van der Waals surface area (Å²) in [5, 5.41) is 10.9. The number of para-hydroxylation sites is 1. The number of fused-ring (bicyclic) bond motifs is 5. The van der Waals surface area contributed by atoms with E-state index in [4.69, 9.17) is 4.74 Å². The number of aliphatic hydroxyl groups is 1. The van der Waals surface area contributed by atoms with Crippen molar-refractivity contribution in [1.82, 2.24) is 9.55 Å². The summed E-state index contributed by atoms with van der Waals surface area (Å²) in [7, 11) is 0. The molecule has 0 saturated carbocycles. The molecule has 0 spiro atoms. The fraction of sp³-hybridized carbons (Fsp3) is 0.320. The molecule has 0 fully saturated rings. The Morgan fingerprint density at radius 3 is 2.62 bits per heavy atom. The van der Waals surface area contributed by atoms with Gasteiger partial charge in [-0.05, 0) is 25.5 Å². The Morgan fingerprint density at radius 2 is 1.88 bits per heavy atom. The second-order valence-corrected chi connectivity index (χ2v) is 8.07. The first-order valence-electron chi connectivity index (χ1n) is 10.8. The SMILES string of the molecule is CC(C)OCC(O)n1cnc2c1-c1ccccc1CN(C(=O)CCC=O)c1ccccc1-2. The van der Waals surface area contributed by atoms with Gasteiger partial charge in [-0.15, -0.1) is 0 Å². The van der Waals surface area contributed by atoms with E-state index >= 15 is 0 Å². The molecule has 0 radical (unpaired) electrons. The number of hydrogen-bond acceptors (Lipinski definition) is 5. The van der Waals surface area contributed by atoms with E-state index in [0.717, 1.165) is 34.4 Å². The molecule has 1 atom stereocenters. The predicted molar refractivity (Wildman–Crippen MR) is 122 cm³/mol. The molecule has 1 aromatic heterocycles. The topological polar surface area (TPSA) is 84.7 Å². The quantitative estimate of drug-likeness (QED) is 0.570. The molecule has 1 aliphatic heterocycles. The number of hydrogen-bond donors (Lipinski definition) is 1. The molecule has 1 aliphatic rings. The number of carbonyl (C=O) groups excluding carboxylic acids is 2. The Kier molecular flexibility index (Phi) is 6.48. The molecule has 2 aromatic carbocycles. The zero-order chi connectivity index (χ0) is 22.7. The monoisotopic (exact) mass is 433 g/mol. The summed E-state index contributed by atoms with van der Waals surface area (Å²) in [6.07, 6.45) is 1.80. The van der Waals surface area contributed by atoms with Crippen molar-refractivity contribution in [2.45, 2.75) is 45.6 Å². The van der Waals surface area contributed by atoms with Crippen molar-refractivity contribution in [3.8, 4) is 22.5 Å². The molecule has 3 aromatic rings. The average molecular weight is 434 g/mol. The van der Waals surface area contributed by atoms with Crippen molar-refractivity contribution in [2.24, 2.45) is 0 Å². The molecule has 1 amide bonds. The summed E-state index contributed by atoms with van der Waals surface area (Å²) in [6, 6.07) is 15.4. The van der Waals surface area contributed by atoms with E-state index in [1.807, 2.05) is 62.4 Å². The van der Waals surface area contributed by atoms with E-state index in [2.05, 4.69) is 4.98 Å². The van der Waals surface area contributed by atoms with Crippen LogP contribution in [-0.4, -0.2) is 39.6 Å². The lowest BCUT2D eigenvalue weighted by molar-refractivity contribution is -0.120. The van der Waals surface area contributed by atoms with E-state index in [1.54, 1.807) is 15.8 Å². The van der Waals surface area contributed by atoms with Crippen molar-refractivity contribution >= 4 is 17.9 Å². The van der Waals surface area contributed by atoms with Crippen molar-refractivity contribution in [1.29, 1.82) is 0 Å². The van der Waals surface area contributed by atoms with Gasteiger partial charge in [0.15, 0.2) is 6.23 Å². The van der Waals surface area contributed by atoms with Crippen molar-refractivity contribution in [3.63, 3.8) is 0 Å². The van der Waals surface area contributed by atoms with Crippen LogP contribution < -0.4 is 4.90 Å². The van der Waals surface area contributed by atoms with Crippen LogP contribution in [0, 0.1) is 0 Å². The van der Waals surface area contributed by atoms with Crippen LogP contribution in [0.4, 0.5) is 5.69 Å². The lowest BCUT2D eigenvalue weighted by atomic mass is 9.95. The lowest BCUT2D eigenvalue weighted by Crippen LogP contribution is -2.31. The van der Waals surface area contributed by atoms with Gasteiger partial charge in [-0.1, -0.05) is 42.5 Å². The van der Waals surface area contributed by atoms with Gasteiger partial charge in [-0.25, -0.2) is 4.98 Å². The van der Waals surface area contributed by atoms with Gasteiger partial charge < -0.3 is 24.1 Å². The molecule has 7 heteroatoms. The van der Waals surface area contributed by atoms with Gasteiger partial charge in [0.1, 0.15) is 6.29 Å². The number of imidazole rings is 1. The zero-order valence-corrected chi connectivity index (χ0v) is 18.3. The minimum atomic E-state index is -0.904. The van der Waals surface area contributed by atoms with Gasteiger partial charge in [0.05, 0.1) is 42.7 Å². The summed E-state index contributed by atoms with van der Waals surface area (Å²) < 4.78 is 7.37. The largest absolute Gasteiger partial charge is 0.374 e. The minimum absolute atomic E-state index is 0.00563. The molecule has 0 aliphatic carbocycles. The van der Waals surface area contributed by atoms with E-state index in [9.17, 15) is 14.7 Å². The standard InChI is InChI=1S/C25H27N3O4/c1-17(2)32-15-23(31)28-16-26-24-20-10-5-6-11-21(20)27(22(30)12-7-13-29)14-18-8-3-4-9-19(18)25(24)28/h3-6,8-11,13,16-17,23,31H,7,12,14-15H2,1-2H3. The number of ether oxygens (including phenoxy) is 1. The predicted octanol–water partition coefficient (Wildman–Crippen LogP) is 3.96. The van der Waals surface area contributed by atoms with Crippen LogP contribution >= 0.6 is 0 Å². The summed E-state index contributed by atoms with van der Waals surface area (Å²) in [5.41, 5.74) is 4.83. The van der Waals surface area contributed by atoms with Gasteiger partial charge in [-0.2, -0.15) is 0 Å². The summed E-state index contributed by atoms with van der Waals surface area (Å²) in [5.74, 6) is -0.118. The lowest BCUT2D eigenvalue weighted by Gasteiger charge is -2.29. The van der Waals surface area contributed by atoms with Crippen LogP contribution in [0.2, 0.25) is 0 Å². The average Bonchev–Trinajstić information content (AvgIpc) is 3.23. The maximum Gasteiger partial charge on any atom is 0.227 e. The molecule has 4 rings (SSSR count). The fourth-order valence-electron chi connectivity index (χ4n) is 4.00. The molecule has 0 saturated heterocycles. The second-order valence-electron chi connectivity index (χ2n) is 8.07. The number of amides is 1.